The Morgan fingerprint density at radius 1 is 1.42 bits per heavy atom. The van der Waals surface area contributed by atoms with Gasteiger partial charge in [-0.3, -0.25) is 0 Å². The summed E-state index contributed by atoms with van der Waals surface area (Å²) in [7, 11) is 0. The van der Waals surface area contributed by atoms with Crippen molar-refractivity contribution in [3.05, 3.63) is 32.8 Å². The van der Waals surface area contributed by atoms with Crippen molar-refractivity contribution < 1.29 is 27.8 Å². The molecule has 1 heterocycles. The zero-order chi connectivity index (χ0) is 14.4. The Morgan fingerprint density at radius 3 is 2.58 bits per heavy atom. The number of aliphatic carboxylic acids is 1. The van der Waals surface area contributed by atoms with Crippen LogP contribution in [-0.4, -0.2) is 23.4 Å². The molecule has 0 amide bonds. The Balaban J connectivity index is 2.61. The number of carbonyl (C=O) groups is 1. The maximum atomic E-state index is 12.8. The first-order valence-corrected chi connectivity index (χ1v) is 6.04. The van der Waals surface area contributed by atoms with Crippen LogP contribution in [0.2, 0.25) is 5.02 Å². The zero-order valence-corrected chi connectivity index (χ0v) is 11.3. The molecule has 1 aliphatic rings. The number of benzene rings is 1. The van der Waals surface area contributed by atoms with Gasteiger partial charge in [0.05, 0.1) is 10.6 Å². The van der Waals surface area contributed by atoms with E-state index in [1.807, 2.05) is 0 Å². The fourth-order valence-electron chi connectivity index (χ4n) is 1.65. The second kappa shape index (κ2) is 4.72. The number of ether oxygens (including phenoxy) is 1. The molecule has 102 valence electrons. The van der Waals surface area contributed by atoms with Crippen LogP contribution in [0.5, 0.6) is 5.75 Å². The van der Waals surface area contributed by atoms with Crippen molar-refractivity contribution in [1.82, 2.24) is 0 Å². The summed E-state index contributed by atoms with van der Waals surface area (Å²) in [5.74, 6) is -1.87. The Kier molecular flexibility index (Phi) is 3.53. The van der Waals surface area contributed by atoms with Crippen LogP contribution >= 0.6 is 27.5 Å². The molecule has 0 saturated heterocycles. The van der Waals surface area contributed by atoms with Gasteiger partial charge in [0, 0.05) is 10.0 Å². The van der Waals surface area contributed by atoms with E-state index in [0.717, 1.165) is 6.08 Å². The van der Waals surface area contributed by atoms with E-state index in [-0.39, 0.29) is 16.3 Å². The lowest BCUT2D eigenvalue weighted by atomic mass is 10.0. The lowest BCUT2D eigenvalue weighted by Gasteiger charge is -2.27. The summed E-state index contributed by atoms with van der Waals surface area (Å²) < 4.78 is 43.6. The van der Waals surface area contributed by atoms with E-state index in [0.29, 0.717) is 4.47 Å². The van der Waals surface area contributed by atoms with Gasteiger partial charge in [0.15, 0.2) is 0 Å². The van der Waals surface area contributed by atoms with E-state index in [1.165, 1.54) is 12.1 Å². The van der Waals surface area contributed by atoms with Crippen molar-refractivity contribution in [2.75, 3.05) is 0 Å². The molecular formula is C11H5BrClF3O3. The summed E-state index contributed by atoms with van der Waals surface area (Å²) >= 11 is 8.90. The average molecular weight is 358 g/mol. The van der Waals surface area contributed by atoms with Crippen LogP contribution in [0.25, 0.3) is 6.08 Å². The molecule has 0 saturated carbocycles. The molecule has 3 nitrogen and oxygen atoms in total. The van der Waals surface area contributed by atoms with E-state index in [4.69, 9.17) is 21.4 Å². The molecule has 0 aromatic heterocycles. The zero-order valence-electron chi connectivity index (χ0n) is 8.96. The number of alkyl halides is 3. The van der Waals surface area contributed by atoms with E-state index >= 15 is 0 Å². The lowest BCUT2D eigenvalue weighted by molar-refractivity contribution is -0.187. The molecule has 1 N–H and O–H groups in total. The van der Waals surface area contributed by atoms with Crippen LogP contribution < -0.4 is 4.74 Å². The Morgan fingerprint density at radius 2 is 2.05 bits per heavy atom. The minimum Gasteiger partial charge on any atom is -0.478 e. The summed E-state index contributed by atoms with van der Waals surface area (Å²) in [6.07, 6.45) is -6.45. The SMILES string of the molecule is O=C(O)C1=Cc2cc(Br)cc(Cl)c2O[C@@H]1C(F)(F)F. The van der Waals surface area contributed by atoms with Gasteiger partial charge in [-0.15, -0.1) is 0 Å². The van der Waals surface area contributed by atoms with Crippen LogP contribution in [0.3, 0.4) is 0 Å². The summed E-state index contributed by atoms with van der Waals surface area (Å²) in [6.45, 7) is 0. The summed E-state index contributed by atoms with van der Waals surface area (Å²) in [5.41, 5.74) is -0.702. The van der Waals surface area contributed by atoms with E-state index in [9.17, 15) is 18.0 Å². The highest BCUT2D eigenvalue weighted by Gasteiger charge is 2.48. The largest absolute Gasteiger partial charge is 0.478 e. The van der Waals surface area contributed by atoms with Gasteiger partial charge in [0.1, 0.15) is 5.75 Å². The van der Waals surface area contributed by atoms with E-state index in [1.54, 1.807) is 0 Å². The predicted octanol–water partition coefficient (Wildman–Crippen LogP) is 3.89. The van der Waals surface area contributed by atoms with Crippen molar-refractivity contribution in [2.24, 2.45) is 0 Å². The third-order valence-electron chi connectivity index (χ3n) is 2.41. The van der Waals surface area contributed by atoms with Crippen LogP contribution in [0.15, 0.2) is 22.2 Å². The van der Waals surface area contributed by atoms with Gasteiger partial charge in [0.2, 0.25) is 6.10 Å². The molecule has 0 bridgehead atoms. The minimum absolute atomic E-state index is 0.0284. The van der Waals surface area contributed by atoms with Crippen molar-refractivity contribution in [1.29, 1.82) is 0 Å². The Labute approximate surface area is 118 Å². The molecule has 19 heavy (non-hydrogen) atoms. The van der Waals surface area contributed by atoms with Crippen molar-refractivity contribution in [3.8, 4) is 5.75 Å². The molecule has 2 rings (SSSR count). The highest BCUT2D eigenvalue weighted by atomic mass is 79.9. The maximum Gasteiger partial charge on any atom is 0.430 e. The molecule has 0 aliphatic carbocycles. The first kappa shape index (κ1) is 14.2. The van der Waals surface area contributed by atoms with Gasteiger partial charge in [0.25, 0.3) is 0 Å². The second-order valence-electron chi connectivity index (χ2n) is 3.75. The first-order chi connectivity index (χ1) is 8.70. The fourth-order valence-corrected chi connectivity index (χ4v) is 2.53. The maximum absolute atomic E-state index is 12.8. The van der Waals surface area contributed by atoms with Crippen molar-refractivity contribution in [2.45, 2.75) is 12.3 Å². The quantitative estimate of drug-likeness (QED) is 0.829. The van der Waals surface area contributed by atoms with Crippen LogP contribution in [0.4, 0.5) is 13.2 Å². The van der Waals surface area contributed by atoms with Crippen molar-refractivity contribution >= 4 is 39.6 Å². The summed E-state index contributed by atoms with van der Waals surface area (Å²) in [6, 6.07) is 2.80. The van der Waals surface area contributed by atoms with Gasteiger partial charge in [-0.25, -0.2) is 4.79 Å². The molecule has 1 atom stereocenters. The summed E-state index contributed by atoms with van der Waals surface area (Å²) in [5, 5.41) is 8.81. The molecule has 0 fully saturated rings. The number of hydrogen-bond donors (Lipinski definition) is 1. The number of halogens is 5. The number of carboxylic acid groups (broad SMARTS) is 1. The lowest BCUT2D eigenvalue weighted by Crippen LogP contribution is -2.40. The smallest absolute Gasteiger partial charge is 0.430 e. The summed E-state index contributed by atoms with van der Waals surface area (Å²) in [4.78, 5) is 10.9. The third-order valence-corrected chi connectivity index (χ3v) is 3.15. The van der Waals surface area contributed by atoms with Crippen LogP contribution in [0.1, 0.15) is 5.56 Å². The predicted molar refractivity (Wildman–Crippen MR) is 65.2 cm³/mol. The van der Waals surface area contributed by atoms with E-state index < -0.39 is 23.8 Å². The molecule has 8 heteroatoms. The molecule has 0 radical (unpaired) electrons. The van der Waals surface area contributed by atoms with Gasteiger partial charge in [-0.05, 0) is 18.2 Å². The van der Waals surface area contributed by atoms with E-state index in [2.05, 4.69) is 15.9 Å². The molecule has 1 aliphatic heterocycles. The molecular weight excluding hydrogens is 352 g/mol. The minimum atomic E-state index is -4.84. The van der Waals surface area contributed by atoms with Gasteiger partial charge < -0.3 is 9.84 Å². The fraction of sp³-hybridized carbons (Fsp3) is 0.182. The average Bonchev–Trinajstić information content (AvgIpc) is 2.25. The van der Waals surface area contributed by atoms with Crippen LogP contribution in [-0.2, 0) is 4.79 Å². The number of carboxylic acids is 1. The number of fused-ring (bicyclic) bond motifs is 1. The highest BCUT2D eigenvalue weighted by Crippen LogP contribution is 2.42. The number of hydrogen-bond acceptors (Lipinski definition) is 2. The molecule has 1 aromatic rings. The van der Waals surface area contributed by atoms with Crippen molar-refractivity contribution in [3.63, 3.8) is 0 Å². The molecule has 0 unspecified atom stereocenters. The monoisotopic (exact) mass is 356 g/mol. The first-order valence-electron chi connectivity index (χ1n) is 4.87. The Hall–Kier alpha value is -1.21. The normalized spacial score (nSPS) is 18.4. The van der Waals surface area contributed by atoms with Gasteiger partial charge in [-0.1, -0.05) is 27.5 Å². The highest BCUT2D eigenvalue weighted by molar-refractivity contribution is 9.10. The topological polar surface area (TPSA) is 46.5 Å². The van der Waals surface area contributed by atoms with Crippen LogP contribution in [0, 0.1) is 0 Å². The second-order valence-corrected chi connectivity index (χ2v) is 5.07. The number of rotatable bonds is 1. The molecule has 0 spiro atoms. The third kappa shape index (κ3) is 2.71. The molecule has 1 aromatic carbocycles. The Bertz CT molecular complexity index is 583. The van der Waals surface area contributed by atoms with Gasteiger partial charge in [-0.2, -0.15) is 13.2 Å². The van der Waals surface area contributed by atoms with Gasteiger partial charge >= 0.3 is 12.1 Å². The standard InChI is InChI=1S/C11H5BrClF3O3/c12-5-1-4-2-6(10(17)18)9(11(14,15)16)19-8(4)7(13)3-5/h1-3,9H,(H,17,18)/t9-/m0/s1.